The summed E-state index contributed by atoms with van der Waals surface area (Å²) in [4.78, 5) is 23.2. The first-order valence-corrected chi connectivity index (χ1v) is 7.77. The van der Waals surface area contributed by atoms with E-state index in [2.05, 4.69) is 37.1 Å². The van der Waals surface area contributed by atoms with Crippen LogP contribution in [0.2, 0.25) is 0 Å². The van der Waals surface area contributed by atoms with Crippen LogP contribution in [-0.4, -0.2) is 29.7 Å². The molecule has 0 radical (unpaired) electrons. The highest BCUT2D eigenvalue weighted by Crippen LogP contribution is 2.30. The van der Waals surface area contributed by atoms with E-state index in [4.69, 9.17) is 0 Å². The zero-order chi connectivity index (χ0) is 14.4. The maximum absolute atomic E-state index is 12.2. The molecule has 0 spiro atoms. The minimum atomic E-state index is -0.532. The van der Waals surface area contributed by atoms with Gasteiger partial charge in [0.15, 0.2) is 0 Å². The molecule has 0 aromatic heterocycles. The predicted octanol–water partition coefficient (Wildman–Crippen LogP) is 1.75. The molecule has 2 amide bonds. The van der Waals surface area contributed by atoms with E-state index in [0.29, 0.717) is 17.6 Å². The second-order valence-corrected chi connectivity index (χ2v) is 6.11. The maximum atomic E-state index is 12.2. The van der Waals surface area contributed by atoms with Crippen LogP contribution in [0.25, 0.3) is 0 Å². The molecule has 1 rings (SSSR count). The smallest absolute Gasteiger partial charge is 0.243 e. The lowest BCUT2D eigenvalue weighted by molar-refractivity contribution is -0.128. The van der Waals surface area contributed by atoms with Crippen molar-refractivity contribution >= 4 is 24.4 Å². The first kappa shape index (κ1) is 16.3. The zero-order valence-corrected chi connectivity index (χ0v) is 13.0. The number of nitrogens with one attached hydrogen (secondary N) is 2. The van der Waals surface area contributed by atoms with Crippen molar-refractivity contribution in [2.75, 3.05) is 5.75 Å². The van der Waals surface area contributed by atoms with Gasteiger partial charge in [-0.3, -0.25) is 9.59 Å². The Hall–Kier alpha value is -0.710. The largest absolute Gasteiger partial charge is 0.351 e. The Bertz CT molecular complexity index is 321. The maximum Gasteiger partial charge on any atom is 0.243 e. The lowest BCUT2D eigenvalue weighted by Crippen LogP contribution is -2.53. The highest BCUT2D eigenvalue weighted by Gasteiger charge is 2.30. The molecule has 3 atom stereocenters. The molecule has 19 heavy (non-hydrogen) atoms. The lowest BCUT2D eigenvalue weighted by atomic mass is 9.78. The molecule has 5 heteroatoms. The summed E-state index contributed by atoms with van der Waals surface area (Å²) < 4.78 is 0. The fourth-order valence-corrected chi connectivity index (χ4v) is 3.12. The van der Waals surface area contributed by atoms with Gasteiger partial charge in [-0.05, 0) is 24.7 Å². The summed E-state index contributed by atoms with van der Waals surface area (Å²) in [5.74, 6) is 1.13. The molecule has 4 nitrogen and oxygen atoms in total. The van der Waals surface area contributed by atoms with Gasteiger partial charge in [0.25, 0.3) is 0 Å². The van der Waals surface area contributed by atoms with E-state index in [1.165, 1.54) is 26.2 Å². The highest BCUT2D eigenvalue weighted by molar-refractivity contribution is 7.80. The van der Waals surface area contributed by atoms with Crippen LogP contribution in [0.5, 0.6) is 0 Å². The van der Waals surface area contributed by atoms with Gasteiger partial charge in [-0.15, -0.1) is 0 Å². The summed E-state index contributed by atoms with van der Waals surface area (Å²) in [7, 11) is 0. The van der Waals surface area contributed by atoms with Crippen LogP contribution in [0.1, 0.15) is 46.5 Å². The number of hydrogen-bond acceptors (Lipinski definition) is 3. The second-order valence-electron chi connectivity index (χ2n) is 5.74. The van der Waals surface area contributed by atoms with Crippen molar-refractivity contribution in [1.82, 2.24) is 10.6 Å². The fraction of sp³-hybridized carbons (Fsp3) is 0.857. The Labute approximate surface area is 121 Å². The Morgan fingerprint density at radius 2 is 1.89 bits per heavy atom. The van der Waals surface area contributed by atoms with Gasteiger partial charge in [0.2, 0.25) is 11.8 Å². The monoisotopic (exact) mass is 286 g/mol. The number of rotatable bonds is 5. The van der Waals surface area contributed by atoms with Gasteiger partial charge >= 0.3 is 0 Å². The molecule has 3 unspecified atom stereocenters. The summed E-state index contributed by atoms with van der Waals surface area (Å²) in [5, 5.41) is 5.74. The third-order valence-electron chi connectivity index (χ3n) is 3.88. The summed E-state index contributed by atoms with van der Waals surface area (Å²) >= 11 is 4.13. The van der Waals surface area contributed by atoms with Gasteiger partial charge in [-0.1, -0.05) is 26.7 Å². The van der Waals surface area contributed by atoms with Crippen LogP contribution in [0, 0.1) is 11.8 Å². The van der Waals surface area contributed by atoms with Crippen LogP contribution in [0.15, 0.2) is 0 Å². The number of carbonyl (C=O) groups excluding carboxylic acids is 2. The van der Waals surface area contributed by atoms with E-state index in [9.17, 15) is 9.59 Å². The van der Waals surface area contributed by atoms with E-state index in [-0.39, 0.29) is 17.9 Å². The van der Waals surface area contributed by atoms with Crippen molar-refractivity contribution in [2.24, 2.45) is 11.8 Å². The minimum absolute atomic E-state index is 0.109. The van der Waals surface area contributed by atoms with Crippen molar-refractivity contribution < 1.29 is 9.59 Å². The van der Waals surface area contributed by atoms with Crippen LogP contribution >= 0.6 is 12.6 Å². The molecule has 0 saturated heterocycles. The molecule has 0 aromatic rings. The van der Waals surface area contributed by atoms with Crippen molar-refractivity contribution in [3.8, 4) is 0 Å². The van der Waals surface area contributed by atoms with Gasteiger partial charge in [-0.25, -0.2) is 0 Å². The van der Waals surface area contributed by atoms with E-state index in [1.807, 2.05) is 0 Å². The number of amides is 2. The first-order chi connectivity index (χ1) is 8.95. The van der Waals surface area contributed by atoms with Crippen LogP contribution < -0.4 is 10.6 Å². The summed E-state index contributed by atoms with van der Waals surface area (Å²) in [6.07, 6.45) is 4.62. The molecule has 1 fully saturated rings. The molecule has 0 bridgehead atoms. The topological polar surface area (TPSA) is 58.2 Å². The van der Waals surface area contributed by atoms with Gasteiger partial charge < -0.3 is 10.6 Å². The van der Waals surface area contributed by atoms with E-state index in [1.54, 1.807) is 0 Å². The fourth-order valence-electron chi connectivity index (χ4n) is 2.86. The molecule has 1 aliphatic rings. The molecule has 2 N–H and O–H groups in total. The van der Waals surface area contributed by atoms with Gasteiger partial charge in [0.05, 0.1) is 0 Å². The molecular formula is C14H26N2O2S. The predicted molar refractivity (Wildman–Crippen MR) is 80.2 cm³/mol. The molecule has 1 aliphatic carbocycles. The van der Waals surface area contributed by atoms with Crippen molar-refractivity contribution in [3.63, 3.8) is 0 Å². The lowest BCUT2D eigenvalue weighted by Gasteiger charge is -2.35. The molecular weight excluding hydrogens is 260 g/mol. The number of hydrogen-bond donors (Lipinski definition) is 3. The standard InChI is InChI=1S/C14H26N2O2S/c1-9(2)11-6-4-5-7-12(11)16-14(18)13(8-19)15-10(3)17/h9,11-13,19H,4-8H2,1-3H3,(H,15,17)(H,16,18). The summed E-state index contributed by atoms with van der Waals surface area (Å²) in [6, 6.07) is -0.298. The Kier molecular flexibility index (Phi) is 6.69. The van der Waals surface area contributed by atoms with Crippen molar-refractivity contribution in [1.29, 1.82) is 0 Å². The van der Waals surface area contributed by atoms with Crippen molar-refractivity contribution in [2.45, 2.75) is 58.5 Å². The van der Waals surface area contributed by atoms with Crippen LogP contribution in [0.4, 0.5) is 0 Å². The average Bonchev–Trinajstić information content (AvgIpc) is 2.35. The Morgan fingerprint density at radius 1 is 1.26 bits per heavy atom. The SMILES string of the molecule is CC(=O)NC(CS)C(=O)NC1CCCCC1C(C)C. The first-order valence-electron chi connectivity index (χ1n) is 7.14. The number of thiol groups is 1. The third kappa shape index (κ3) is 5.05. The summed E-state index contributed by atoms with van der Waals surface area (Å²) in [5.41, 5.74) is 0. The van der Waals surface area contributed by atoms with Gasteiger partial charge in [-0.2, -0.15) is 12.6 Å². The minimum Gasteiger partial charge on any atom is -0.351 e. The van der Waals surface area contributed by atoms with Crippen molar-refractivity contribution in [3.05, 3.63) is 0 Å². The zero-order valence-electron chi connectivity index (χ0n) is 12.1. The molecule has 1 saturated carbocycles. The van der Waals surface area contributed by atoms with Gasteiger partial charge in [0.1, 0.15) is 6.04 Å². The highest BCUT2D eigenvalue weighted by atomic mass is 32.1. The normalized spacial score (nSPS) is 24.9. The number of carbonyl (C=O) groups is 2. The van der Waals surface area contributed by atoms with Crippen LogP contribution in [0.3, 0.4) is 0 Å². The molecule has 0 aliphatic heterocycles. The average molecular weight is 286 g/mol. The summed E-state index contributed by atoms with van der Waals surface area (Å²) in [6.45, 7) is 5.83. The van der Waals surface area contributed by atoms with Crippen LogP contribution in [-0.2, 0) is 9.59 Å². The molecule has 0 aromatic carbocycles. The quantitative estimate of drug-likeness (QED) is 0.674. The Morgan fingerprint density at radius 3 is 2.42 bits per heavy atom. The molecule has 110 valence electrons. The second kappa shape index (κ2) is 7.78. The van der Waals surface area contributed by atoms with E-state index >= 15 is 0 Å². The van der Waals surface area contributed by atoms with E-state index in [0.717, 1.165) is 6.42 Å². The third-order valence-corrected chi connectivity index (χ3v) is 4.25. The van der Waals surface area contributed by atoms with E-state index < -0.39 is 6.04 Å². The molecule has 0 heterocycles. The Balaban J connectivity index is 2.59. The van der Waals surface area contributed by atoms with Gasteiger partial charge in [0, 0.05) is 18.7 Å².